The number of halogens is 2. The highest BCUT2D eigenvalue weighted by molar-refractivity contribution is 6.32. The number of benzene rings is 1. The van der Waals surface area contributed by atoms with Gasteiger partial charge in [0.1, 0.15) is 5.75 Å². The molecule has 1 aromatic carbocycles. The minimum Gasteiger partial charge on any atom is -0.481 e. The van der Waals surface area contributed by atoms with Gasteiger partial charge in [-0.25, -0.2) is 9.97 Å². The number of aliphatic carboxylic acids is 1. The summed E-state index contributed by atoms with van der Waals surface area (Å²) in [5.41, 5.74) is 1.00. The molecule has 2 heterocycles. The van der Waals surface area contributed by atoms with Crippen LogP contribution in [0.15, 0.2) is 29.0 Å². The van der Waals surface area contributed by atoms with Crippen LogP contribution in [0.25, 0.3) is 11.0 Å². The molecule has 0 spiro atoms. The molecule has 0 unspecified atom stereocenters. The number of rotatable bonds is 6. The van der Waals surface area contributed by atoms with Gasteiger partial charge in [-0.3, -0.25) is 4.79 Å². The molecule has 0 radical (unpaired) electrons. The first kappa shape index (κ1) is 17.4. The van der Waals surface area contributed by atoms with Crippen LogP contribution in [-0.4, -0.2) is 26.2 Å². The molecule has 0 fully saturated rings. The molecule has 7 nitrogen and oxygen atoms in total. The van der Waals surface area contributed by atoms with E-state index >= 15 is 0 Å². The molecule has 0 saturated carbocycles. The van der Waals surface area contributed by atoms with Crippen LogP contribution in [0.4, 0.5) is 0 Å². The van der Waals surface area contributed by atoms with Gasteiger partial charge in [0.2, 0.25) is 0 Å². The highest BCUT2D eigenvalue weighted by Crippen LogP contribution is 2.34. The number of aromatic nitrogens is 3. The lowest BCUT2D eigenvalue weighted by Crippen LogP contribution is -2.07. The second kappa shape index (κ2) is 7.25. The topological polar surface area (TPSA) is 98.3 Å². The fraction of sp³-hybridized carbons (Fsp3) is 0.250. The predicted molar refractivity (Wildman–Crippen MR) is 91.1 cm³/mol. The van der Waals surface area contributed by atoms with Crippen LogP contribution in [0, 0.1) is 0 Å². The van der Waals surface area contributed by atoms with Gasteiger partial charge < -0.3 is 14.4 Å². The second-order valence-corrected chi connectivity index (χ2v) is 6.16. The first-order valence-electron chi connectivity index (χ1n) is 7.37. The Kier molecular flexibility index (Phi) is 5.06. The molecular weight excluding hydrogens is 369 g/mol. The van der Waals surface area contributed by atoms with Crippen molar-refractivity contribution in [1.82, 2.24) is 15.1 Å². The summed E-state index contributed by atoms with van der Waals surface area (Å²) >= 11 is 12.1. The normalized spacial score (nSPS) is 12.3. The second-order valence-electron chi connectivity index (χ2n) is 5.32. The molecule has 1 N–H and O–H groups in total. The number of carbonyl (C=O) groups is 1. The predicted octanol–water partition coefficient (Wildman–Crippen LogP) is 4.08. The lowest BCUT2D eigenvalue weighted by Gasteiger charge is -2.14. The van der Waals surface area contributed by atoms with Gasteiger partial charge in [0.15, 0.2) is 17.5 Å². The Morgan fingerprint density at radius 3 is 2.72 bits per heavy atom. The maximum Gasteiger partial charge on any atom is 0.303 e. The number of carboxylic acid groups (broad SMARTS) is 1. The fourth-order valence-corrected chi connectivity index (χ4v) is 2.57. The molecule has 0 aliphatic rings. The first-order valence-corrected chi connectivity index (χ1v) is 8.13. The molecule has 25 heavy (non-hydrogen) atoms. The SMILES string of the molecule is C[C@H](Oc1cc2onc(CCC(=O)O)c2cc1Cl)c1ncc(Cl)cn1. The number of hydrogen-bond donors (Lipinski definition) is 1. The Balaban J connectivity index is 1.83. The largest absolute Gasteiger partial charge is 0.481 e. The van der Waals surface area contributed by atoms with Gasteiger partial charge in [0.05, 0.1) is 22.2 Å². The number of carboxylic acids is 1. The number of nitrogens with zero attached hydrogens (tertiary/aromatic N) is 3. The van der Waals surface area contributed by atoms with Crippen LogP contribution in [-0.2, 0) is 11.2 Å². The first-order chi connectivity index (χ1) is 11.9. The lowest BCUT2D eigenvalue weighted by molar-refractivity contribution is -0.136. The molecule has 1 atom stereocenters. The summed E-state index contributed by atoms with van der Waals surface area (Å²) < 4.78 is 11.1. The molecule has 9 heteroatoms. The Hall–Kier alpha value is -2.38. The Morgan fingerprint density at radius 2 is 2.04 bits per heavy atom. The van der Waals surface area contributed by atoms with Crippen LogP contribution < -0.4 is 4.74 Å². The van der Waals surface area contributed by atoms with Crippen LogP contribution in [0.2, 0.25) is 10.0 Å². The van der Waals surface area contributed by atoms with E-state index in [1.165, 1.54) is 12.4 Å². The van der Waals surface area contributed by atoms with Gasteiger partial charge in [-0.2, -0.15) is 0 Å². The van der Waals surface area contributed by atoms with Crippen LogP contribution in [0.1, 0.15) is 31.0 Å². The molecule has 0 saturated heterocycles. The van der Waals surface area contributed by atoms with Crippen molar-refractivity contribution in [3.8, 4) is 5.75 Å². The van der Waals surface area contributed by atoms with Crippen molar-refractivity contribution in [3.05, 3.63) is 46.1 Å². The fourth-order valence-electron chi connectivity index (χ4n) is 2.26. The van der Waals surface area contributed by atoms with Crippen molar-refractivity contribution in [2.75, 3.05) is 0 Å². The highest BCUT2D eigenvalue weighted by atomic mass is 35.5. The molecule has 0 amide bonds. The van der Waals surface area contributed by atoms with Crippen molar-refractivity contribution in [2.45, 2.75) is 25.9 Å². The third kappa shape index (κ3) is 4.00. The molecule has 3 aromatic rings. The minimum atomic E-state index is -0.904. The van der Waals surface area contributed by atoms with Crippen molar-refractivity contribution in [2.24, 2.45) is 0 Å². The molecular formula is C16H13Cl2N3O4. The summed E-state index contributed by atoms with van der Waals surface area (Å²) in [4.78, 5) is 18.9. The molecule has 130 valence electrons. The third-order valence-corrected chi connectivity index (χ3v) is 3.97. The number of hydrogen-bond acceptors (Lipinski definition) is 6. The van der Waals surface area contributed by atoms with Gasteiger partial charge >= 0.3 is 5.97 Å². The van der Waals surface area contributed by atoms with E-state index in [4.69, 9.17) is 37.6 Å². The summed E-state index contributed by atoms with van der Waals surface area (Å²) in [7, 11) is 0. The maximum absolute atomic E-state index is 10.7. The average molecular weight is 382 g/mol. The van der Waals surface area contributed by atoms with E-state index in [9.17, 15) is 4.79 Å². The van der Waals surface area contributed by atoms with E-state index in [0.29, 0.717) is 38.3 Å². The summed E-state index contributed by atoms with van der Waals surface area (Å²) in [6.07, 6.45) is 2.73. The summed E-state index contributed by atoms with van der Waals surface area (Å²) in [5.74, 6) is -0.0552. The minimum absolute atomic E-state index is 0.0392. The van der Waals surface area contributed by atoms with Gasteiger partial charge in [-0.15, -0.1) is 0 Å². The molecule has 0 aliphatic heterocycles. The van der Waals surface area contributed by atoms with E-state index < -0.39 is 12.1 Å². The van der Waals surface area contributed by atoms with E-state index in [1.54, 1.807) is 19.1 Å². The number of aryl methyl sites for hydroxylation is 1. The zero-order chi connectivity index (χ0) is 18.0. The Bertz CT molecular complexity index is 912. The van der Waals surface area contributed by atoms with Gasteiger partial charge in [0.25, 0.3) is 0 Å². The van der Waals surface area contributed by atoms with E-state index in [1.807, 2.05) is 0 Å². The van der Waals surface area contributed by atoms with E-state index in [0.717, 1.165) is 0 Å². The van der Waals surface area contributed by atoms with Gasteiger partial charge in [-0.05, 0) is 13.0 Å². The molecule has 3 rings (SSSR count). The highest BCUT2D eigenvalue weighted by Gasteiger charge is 2.17. The molecule has 0 bridgehead atoms. The smallest absolute Gasteiger partial charge is 0.303 e. The van der Waals surface area contributed by atoms with E-state index in [-0.39, 0.29) is 12.8 Å². The standard InChI is InChI=1S/C16H13Cl2N3O4/c1-8(16-19-6-9(17)7-20-16)24-14-5-13-10(4-11(14)18)12(21-25-13)2-3-15(22)23/h4-8H,2-3H2,1H3,(H,22,23)/t8-/m0/s1. The monoisotopic (exact) mass is 381 g/mol. The Labute approximate surface area is 152 Å². The lowest BCUT2D eigenvalue weighted by atomic mass is 10.1. The number of fused-ring (bicyclic) bond motifs is 1. The molecule has 2 aromatic heterocycles. The third-order valence-electron chi connectivity index (χ3n) is 3.48. The van der Waals surface area contributed by atoms with Crippen LogP contribution >= 0.6 is 23.2 Å². The quantitative estimate of drug-likeness (QED) is 0.686. The van der Waals surface area contributed by atoms with Crippen LogP contribution in [0.3, 0.4) is 0 Å². The van der Waals surface area contributed by atoms with Crippen LogP contribution in [0.5, 0.6) is 5.75 Å². The summed E-state index contributed by atoms with van der Waals surface area (Å²) in [6.45, 7) is 1.78. The van der Waals surface area contributed by atoms with Gasteiger partial charge in [-0.1, -0.05) is 28.4 Å². The van der Waals surface area contributed by atoms with Crippen molar-refractivity contribution >= 4 is 40.1 Å². The van der Waals surface area contributed by atoms with Gasteiger partial charge in [0, 0.05) is 30.3 Å². The van der Waals surface area contributed by atoms with Crippen molar-refractivity contribution in [1.29, 1.82) is 0 Å². The molecule has 0 aliphatic carbocycles. The average Bonchev–Trinajstić information content (AvgIpc) is 2.95. The van der Waals surface area contributed by atoms with E-state index in [2.05, 4.69) is 15.1 Å². The maximum atomic E-state index is 10.7. The Morgan fingerprint density at radius 1 is 1.32 bits per heavy atom. The number of ether oxygens (including phenoxy) is 1. The summed E-state index contributed by atoms with van der Waals surface area (Å²) in [6, 6.07) is 3.26. The van der Waals surface area contributed by atoms with Crippen molar-refractivity contribution in [3.63, 3.8) is 0 Å². The summed E-state index contributed by atoms with van der Waals surface area (Å²) in [5, 5.41) is 14.1. The zero-order valence-corrected chi connectivity index (χ0v) is 14.6. The zero-order valence-electron chi connectivity index (χ0n) is 13.1. The van der Waals surface area contributed by atoms with Crippen molar-refractivity contribution < 1.29 is 19.2 Å².